The summed E-state index contributed by atoms with van der Waals surface area (Å²) in [5.74, 6) is 0.685. The highest BCUT2D eigenvalue weighted by molar-refractivity contribution is 5.76. The monoisotopic (exact) mass is 244 g/mol. The normalized spacial score (nSPS) is 14.4. The Balaban J connectivity index is 3.70. The van der Waals surface area contributed by atoms with Crippen molar-refractivity contribution in [2.75, 3.05) is 13.2 Å². The summed E-state index contributed by atoms with van der Waals surface area (Å²) in [7, 11) is 0. The molecule has 0 aliphatic carbocycles. The summed E-state index contributed by atoms with van der Waals surface area (Å²) in [6.45, 7) is 5.01. The molecular weight excluding hydrogens is 216 g/mol. The van der Waals surface area contributed by atoms with Crippen molar-refractivity contribution in [3.8, 4) is 0 Å². The number of rotatable bonds is 10. The second-order valence-electron chi connectivity index (χ2n) is 4.72. The zero-order chi connectivity index (χ0) is 13.1. The fourth-order valence-corrected chi connectivity index (χ4v) is 1.94. The maximum absolute atomic E-state index is 11.6. The number of hydrogen-bond acceptors (Lipinski definition) is 3. The van der Waals surface area contributed by atoms with Crippen molar-refractivity contribution < 1.29 is 9.90 Å². The predicted molar refractivity (Wildman–Crippen MR) is 70.6 cm³/mol. The van der Waals surface area contributed by atoms with E-state index in [2.05, 4.69) is 12.2 Å². The number of nitrogens with two attached hydrogens (primary N) is 1. The Labute approximate surface area is 105 Å². The van der Waals surface area contributed by atoms with Gasteiger partial charge in [0, 0.05) is 19.1 Å². The third-order valence-electron chi connectivity index (χ3n) is 3.13. The molecular formula is C13H28N2O2. The van der Waals surface area contributed by atoms with E-state index in [0.717, 1.165) is 32.1 Å². The van der Waals surface area contributed by atoms with Crippen LogP contribution in [0.4, 0.5) is 0 Å². The minimum atomic E-state index is 0.117. The molecule has 1 amide bonds. The summed E-state index contributed by atoms with van der Waals surface area (Å²) in [4.78, 5) is 11.6. The summed E-state index contributed by atoms with van der Waals surface area (Å²) in [5, 5.41) is 11.6. The second-order valence-corrected chi connectivity index (χ2v) is 4.72. The SMILES string of the molecule is CCC(CCN)CCC(=O)NC(C)CCCO. The average Bonchev–Trinajstić information content (AvgIpc) is 2.31. The molecule has 0 aliphatic rings. The molecule has 0 aliphatic heterocycles. The van der Waals surface area contributed by atoms with Crippen LogP contribution in [0.25, 0.3) is 0 Å². The van der Waals surface area contributed by atoms with Crippen LogP contribution in [0.15, 0.2) is 0 Å². The van der Waals surface area contributed by atoms with E-state index in [9.17, 15) is 4.79 Å². The number of aliphatic hydroxyl groups is 1. The van der Waals surface area contributed by atoms with Gasteiger partial charge in [-0.25, -0.2) is 0 Å². The lowest BCUT2D eigenvalue weighted by atomic mass is 9.96. The van der Waals surface area contributed by atoms with Crippen LogP contribution in [0.1, 0.15) is 52.4 Å². The van der Waals surface area contributed by atoms with Crippen LogP contribution in [-0.2, 0) is 4.79 Å². The summed E-state index contributed by atoms with van der Waals surface area (Å²) in [6, 6.07) is 0.157. The van der Waals surface area contributed by atoms with Gasteiger partial charge in [0.05, 0.1) is 0 Å². The van der Waals surface area contributed by atoms with Crippen LogP contribution in [-0.4, -0.2) is 30.2 Å². The number of amides is 1. The van der Waals surface area contributed by atoms with Gasteiger partial charge in [-0.1, -0.05) is 13.3 Å². The first-order valence-electron chi connectivity index (χ1n) is 6.74. The molecule has 0 bridgehead atoms. The Kier molecular flexibility index (Phi) is 10.2. The smallest absolute Gasteiger partial charge is 0.220 e. The van der Waals surface area contributed by atoms with Crippen LogP contribution in [0, 0.1) is 5.92 Å². The number of carbonyl (C=O) groups is 1. The molecule has 2 unspecified atom stereocenters. The minimum absolute atomic E-state index is 0.117. The predicted octanol–water partition coefficient (Wildman–Crippen LogP) is 1.42. The molecule has 0 aromatic heterocycles. The molecule has 0 rings (SSSR count). The minimum Gasteiger partial charge on any atom is -0.396 e. The van der Waals surface area contributed by atoms with Crippen LogP contribution >= 0.6 is 0 Å². The summed E-state index contributed by atoms with van der Waals surface area (Å²) in [6.07, 6.45) is 5.18. The van der Waals surface area contributed by atoms with Crippen molar-refractivity contribution in [3.05, 3.63) is 0 Å². The first-order valence-corrected chi connectivity index (χ1v) is 6.74. The molecule has 4 heteroatoms. The third kappa shape index (κ3) is 9.12. The van der Waals surface area contributed by atoms with Crippen molar-refractivity contribution in [2.45, 2.75) is 58.4 Å². The fraction of sp³-hybridized carbons (Fsp3) is 0.923. The molecule has 2 atom stereocenters. The van der Waals surface area contributed by atoms with Gasteiger partial charge in [-0.05, 0) is 45.1 Å². The van der Waals surface area contributed by atoms with Gasteiger partial charge >= 0.3 is 0 Å². The number of aliphatic hydroxyl groups excluding tert-OH is 1. The van der Waals surface area contributed by atoms with Crippen molar-refractivity contribution in [3.63, 3.8) is 0 Å². The Morgan fingerprint density at radius 3 is 2.59 bits per heavy atom. The lowest BCUT2D eigenvalue weighted by molar-refractivity contribution is -0.122. The highest BCUT2D eigenvalue weighted by Gasteiger charge is 2.10. The van der Waals surface area contributed by atoms with E-state index in [4.69, 9.17) is 10.8 Å². The first-order chi connectivity index (χ1) is 8.13. The van der Waals surface area contributed by atoms with Crippen molar-refractivity contribution in [2.24, 2.45) is 11.7 Å². The summed E-state index contributed by atoms with van der Waals surface area (Å²) >= 11 is 0. The second kappa shape index (κ2) is 10.5. The standard InChI is InChI=1S/C13H28N2O2/c1-3-12(8-9-14)6-7-13(17)15-11(2)5-4-10-16/h11-12,16H,3-10,14H2,1-2H3,(H,15,17). The molecule has 17 heavy (non-hydrogen) atoms. The van der Waals surface area contributed by atoms with Crippen molar-refractivity contribution in [1.29, 1.82) is 0 Å². The van der Waals surface area contributed by atoms with Gasteiger partial charge in [-0.2, -0.15) is 0 Å². The molecule has 0 spiro atoms. The van der Waals surface area contributed by atoms with Crippen LogP contribution < -0.4 is 11.1 Å². The van der Waals surface area contributed by atoms with E-state index in [1.807, 2.05) is 6.92 Å². The zero-order valence-corrected chi connectivity index (χ0v) is 11.2. The van der Waals surface area contributed by atoms with Gasteiger partial charge in [-0.15, -0.1) is 0 Å². The average molecular weight is 244 g/mol. The number of carbonyl (C=O) groups excluding carboxylic acids is 1. The molecule has 0 radical (unpaired) electrons. The van der Waals surface area contributed by atoms with Gasteiger partial charge in [-0.3, -0.25) is 4.79 Å². The topological polar surface area (TPSA) is 75.4 Å². The van der Waals surface area contributed by atoms with E-state index >= 15 is 0 Å². The van der Waals surface area contributed by atoms with Crippen LogP contribution in [0.2, 0.25) is 0 Å². The van der Waals surface area contributed by atoms with E-state index in [0.29, 0.717) is 18.9 Å². The molecule has 0 aromatic rings. The molecule has 0 heterocycles. The molecule has 0 saturated carbocycles. The maximum atomic E-state index is 11.6. The number of hydrogen-bond donors (Lipinski definition) is 3. The van der Waals surface area contributed by atoms with E-state index in [1.165, 1.54) is 0 Å². The molecule has 4 N–H and O–H groups in total. The lowest BCUT2D eigenvalue weighted by Crippen LogP contribution is -2.32. The Morgan fingerprint density at radius 2 is 2.06 bits per heavy atom. The Hall–Kier alpha value is -0.610. The summed E-state index contributed by atoms with van der Waals surface area (Å²) < 4.78 is 0. The van der Waals surface area contributed by atoms with Crippen molar-refractivity contribution in [1.82, 2.24) is 5.32 Å². The highest BCUT2D eigenvalue weighted by atomic mass is 16.2. The molecule has 4 nitrogen and oxygen atoms in total. The molecule has 0 saturated heterocycles. The van der Waals surface area contributed by atoms with Gasteiger partial charge in [0.15, 0.2) is 0 Å². The zero-order valence-electron chi connectivity index (χ0n) is 11.2. The molecule has 102 valence electrons. The maximum Gasteiger partial charge on any atom is 0.220 e. The molecule has 0 aromatic carbocycles. The summed E-state index contributed by atoms with van der Waals surface area (Å²) in [5.41, 5.74) is 5.52. The number of nitrogens with one attached hydrogen (secondary N) is 1. The van der Waals surface area contributed by atoms with Crippen LogP contribution in [0.5, 0.6) is 0 Å². The lowest BCUT2D eigenvalue weighted by Gasteiger charge is -2.16. The quantitative estimate of drug-likeness (QED) is 0.544. The third-order valence-corrected chi connectivity index (χ3v) is 3.13. The van der Waals surface area contributed by atoms with Gasteiger partial charge in [0.25, 0.3) is 0 Å². The van der Waals surface area contributed by atoms with Gasteiger partial charge in [0.2, 0.25) is 5.91 Å². The highest BCUT2D eigenvalue weighted by Crippen LogP contribution is 2.14. The fourth-order valence-electron chi connectivity index (χ4n) is 1.94. The van der Waals surface area contributed by atoms with Gasteiger partial charge in [0.1, 0.15) is 0 Å². The largest absolute Gasteiger partial charge is 0.396 e. The van der Waals surface area contributed by atoms with E-state index in [1.54, 1.807) is 0 Å². The van der Waals surface area contributed by atoms with E-state index in [-0.39, 0.29) is 18.6 Å². The first kappa shape index (κ1) is 16.4. The van der Waals surface area contributed by atoms with Gasteiger partial charge < -0.3 is 16.2 Å². The van der Waals surface area contributed by atoms with E-state index < -0.39 is 0 Å². The molecule has 0 fully saturated rings. The van der Waals surface area contributed by atoms with Crippen LogP contribution in [0.3, 0.4) is 0 Å². The Morgan fingerprint density at radius 1 is 1.35 bits per heavy atom. The Bertz CT molecular complexity index is 198. The van der Waals surface area contributed by atoms with Crippen molar-refractivity contribution >= 4 is 5.91 Å².